The van der Waals surface area contributed by atoms with Gasteiger partial charge in [0.2, 0.25) is 11.6 Å². The molecule has 18 nitrogen and oxygen atoms in total. The van der Waals surface area contributed by atoms with E-state index in [4.69, 9.17) is 52.6 Å². The Hall–Kier alpha value is -1.95. The van der Waals surface area contributed by atoms with E-state index in [9.17, 15) is 0 Å². The Labute approximate surface area is 439 Å². The molecule has 1 aliphatic rings. The predicted octanol–water partition coefficient (Wildman–Crippen LogP) is -2.12. The quantitative estimate of drug-likeness (QED) is 0.0368. The summed E-state index contributed by atoms with van der Waals surface area (Å²) in [6.07, 6.45) is 2.71. The number of rotatable bonds is 18. The lowest BCUT2D eigenvalue weighted by Crippen LogP contribution is -2.29. The molecular weight excluding hydrogens is 940 g/mol. The Morgan fingerprint density at radius 3 is 1.06 bits per heavy atom. The molecule has 1 aliphatic heterocycles. The van der Waals surface area contributed by atoms with Gasteiger partial charge in [0, 0.05) is 63.2 Å². The van der Waals surface area contributed by atoms with Crippen LogP contribution in [0.1, 0.15) is 58.5 Å². The van der Waals surface area contributed by atoms with Crippen LogP contribution in [-0.4, -0.2) is 172 Å². The predicted molar refractivity (Wildman–Crippen MR) is 262 cm³/mol. The highest BCUT2D eigenvalue weighted by atomic mass is 27.1. The maximum atomic E-state index is 6.08. The second kappa shape index (κ2) is 31.9. The van der Waals surface area contributed by atoms with Gasteiger partial charge in [-0.2, -0.15) is 5.10 Å². The van der Waals surface area contributed by atoms with Gasteiger partial charge >= 0.3 is 133 Å². The van der Waals surface area contributed by atoms with Gasteiger partial charge in [0.15, 0.2) is 0 Å². The summed E-state index contributed by atoms with van der Waals surface area (Å²) in [6, 6.07) is 31.7. The van der Waals surface area contributed by atoms with Crippen molar-refractivity contribution in [1.29, 1.82) is 10.8 Å². The van der Waals surface area contributed by atoms with Crippen molar-refractivity contribution in [3.8, 4) is 22.8 Å². The maximum absolute atomic E-state index is 6.08. The van der Waals surface area contributed by atoms with Crippen LogP contribution in [0.25, 0.3) is 28.5 Å². The number of hydrogen-bond acceptors (Lipinski definition) is 18. The van der Waals surface area contributed by atoms with Crippen LogP contribution in [0.3, 0.4) is 0 Å². The van der Waals surface area contributed by atoms with E-state index in [1.807, 2.05) is 97.1 Å². The molecule has 0 bridgehead atoms. The molecule has 2 heterocycles. The molecule has 0 radical (unpaired) electrons. The Kier molecular flexibility index (Phi) is 28.1. The Bertz CT molecular complexity index is 2110. The number of benzene rings is 4. The molecule has 5 aromatic rings. The highest BCUT2D eigenvalue weighted by Gasteiger charge is 2.21. The fraction of sp³-hybridized carbons (Fsp3) is 0.184. The van der Waals surface area contributed by atoms with Gasteiger partial charge in [0.1, 0.15) is 25.2 Å². The van der Waals surface area contributed by atoms with E-state index in [1.54, 1.807) is 6.08 Å². The summed E-state index contributed by atoms with van der Waals surface area (Å²) < 4.78 is 43.6. The number of aromatic nitrogens is 4. The number of nitrogens with zero attached hydrogens (tertiary/aromatic N) is 7. The van der Waals surface area contributed by atoms with Crippen molar-refractivity contribution >= 4 is 144 Å². The largest absolute Gasteiger partial charge is 0.483 e. The first kappa shape index (κ1) is 56.4. The van der Waals surface area contributed by atoms with E-state index in [1.165, 1.54) is 0 Å². The first-order valence-corrected chi connectivity index (χ1v) is 26.3. The summed E-state index contributed by atoms with van der Waals surface area (Å²) in [5.74, 6) is 0.960. The minimum absolute atomic E-state index is 0.0231. The van der Waals surface area contributed by atoms with E-state index < -0.39 is 0 Å². The topological polar surface area (TPSA) is 249 Å². The minimum atomic E-state index is -0.282. The van der Waals surface area contributed by atoms with Crippen molar-refractivity contribution in [2.24, 2.45) is 22.5 Å². The van der Waals surface area contributed by atoms with Gasteiger partial charge in [0.05, 0.1) is 11.4 Å². The van der Waals surface area contributed by atoms with Crippen molar-refractivity contribution < 1.29 is 30.3 Å². The number of nitrogens with two attached hydrogens (primary N) is 2. The summed E-state index contributed by atoms with van der Waals surface area (Å²) in [4.78, 5) is 0. The SMILES string of the molecule is C=CCN.N#N.NCC1C=C(c2ccc(C([O][AlH2])[O][AlH2])cc2)NN=C1c1ccc(C([O][AlH2])[O][AlH2])cc1.[AlH2][O]C([O][AlH2])c1ccc(-c2nnc(-c3ccc(C([O][AlH2])[O][AlH2])cc3)nn2)cc1. The molecule has 0 fully saturated rings. The molecule has 5 N–H and O–H groups in total. The molecule has 0 saturated carbocycles. The lowest BCUT2D eigenvalue weighted by molar-refractivity contribution is 0.0178. The zero-order chi connectivity index (χ0) is 46.9. The monoisotopic (exact) mass is 990 g/mol. The molecule has 0 saturated heterocycles. The van der Waals surface area contributed by atoms with Crippen LogP contribution < -0.4 is 16.9 Å². The highest BCUT2D eigenvalue weighted by molar-refractivity contribution is 6.05. The molecule has 0 amide bonds. The second-order valence-corrected chi connectivity index (χ2v) is 17.1. The molecule has 1 aromatic heterocycles. The fourth-order valence-electron chi connectivity index (χ4n) is 6.28. The Morgan fingerprint density at radius 2 is 0.797 bits per heavy atom. The maximum Gasteiger partial charge on any atom is 0.413 e. The van der Waals surface area contributed by atoms with E-state index in [2.05, 4.69) is 43.6 Å². The molecule has 324 valence electrons. The summed E-state index contributed by atoms with van der Waals surface area (Å²) >= 11 is 5.00. The first-order chi connectivity index (χ1) is 31.3. The van der Waals surface area contributed by atoms with Gasteiger partial charge in [-0.3, -0.25) is 5.43 Å². The van der Waals surface area contributed by atoms with Crippen molar-refractivity contribution in [2.45, 2.75) is 25.2 Å². The normalized spacial score (nSPS) is 13.0. The second-order valence-electron chi connectivity index (χ2n) is 13.3. The van der Waals surface area contributed by atoms with Gasteiger partial charge in [-0.25, -0.2) is 0 Å². The van der Waals surface area contributed by atoms with Gasteiger partial charge < -0.3 is 41.8 Å². The molecule has 4 aromatic carbocycles. The van der Waals surface area contributed by atoms with E-state index in [0.29, 0.717) is 158 Å². The number of nitrogens with one attached hydrogen (secondary N) is 1. The van der Waals surface area contributed by atoms with E-state index >= 15 is 0 Å². The molecule has 0 aliphatic carbocycles. The molecule has 6 rings (SSSR count). The van der Waals surface area contributed by atoms with Gasteiger partial charge in [0.25, 0.3) is 0 Å². The summed E-state index contributed by atoms with van der Waals surface area (Å²) in [5.41, 5.74) is 23.8. The van der Waals surface area contributed by atoms with Crippen molar-refractivity contribution in [2.75, 3.05) is 13.1 Å². The first-order valence-electron chi connectivity index (χ1n) is 19.7. The summed E-state index contributed by atoms with van der Waals surface area (Å²) in [6.45, 7) is 4.41. The summed E-state index contributed by atoms with van der Waals surface area (Å²) in [5, 5.41) is 33.5. The van der Waals surface area contributed by atoms with Crippen LogP contribution in [-0.2, 0) is 30.3 Å². The van der Waals surface area contributed by atoms with Crippen LogP contribution in [0.15, 0.2) is 121 Å². The highest BCUT2D eigenvalue weighted by Crippen LogP contribution is 2.27. The van der Waals surface area contributed by atoms with Gasteiger partial charge in [-0.05, 0) is 17.2 Å². The smallest absolute Gasteiger partial charge is 0.413 e. The molecule has 1 unspecified atom stereocenters. The Morgan fingerprint density at radius 1 is 0.516 bits per heavy atom. The van der Waals surface area contributed by atoms with Crippen LogP contribution in [0.5, 0.6) is 0 Å². The molecular formula is C38H50Al8N10O8. The zero-order valence-electron chi connectivity index (χ0n) is 37.5. The third-order valence-corrected chi connectivity index (χ3v) is 12.9. The van der Waals surface area contributed by atoms with E-state index in [-0.39, 0.29) is 31.1 Å². The third-order valence-electron chi connectivity index (χ3n) is 9.48. The lowest BCUT2D eigenvalue weighted by atomic mass is 9.92. The standard InChI is InChI=1S/C19H17N3O4.C16H10N4O4.C3H7N.8Al.N2.16H/c20-10-15-9-16(11-1-5-13(6-2-11)18(23)24)21-22-17(15)12-3-7-14(8-4-12)19(25)26;21-15(22)11-5-1-9(2-6-11)13-17-19-14(20-18-13)10-3-7-12(8-4-10)16(23)24;1-2-3-4;;;;;;;;;1-2;;;;;;;;;;;;;;;;/h1-9,15,18-19,21H,10,20H2;1-8,15-16H;2H,1,3-4H2;;;;;;;;;;;;;;;;;;;;;;;;;/q2*-4;;8*+1;;;;;;;;;;;;;;;;;. The van der Waals surface area contributed by atoms with Crippen molar-refractivity contribution in [3.63, 3.8) is 0 Å². The van der Waals surface area contributed by atoms with Crippen LogP contribution in [0, 0.1) is 16.7 Å². The molecule has 64 heavy (non-hydrogen) atoms. The Balaban J connectivity index is 0.000000304. The fourth-order valence-corrected chi connectivity index (χ4v) is 11.5. The van der Waals surface area contributed by atoms with Gasteiger partial charge in [-0.1, -0.05) is 103 Å². The zero-order valence-corrected chi connectivity index (χ0v) is 53.5. The van der Waals surface area contributed by atoms with Crippen LogP contribution in [0.4, 0.5) is 0 Å². The third kappa shape index (κ3) is 16.7. The average molecular weight is 991 g/mol. The number of hydrogen-bond donors (Lipinski definition) is 3. The van der Waals surface area contributed by atoms with E-state index in [0.717, 1.165) is 55.9 Å². The molecule has 0 spiro atoms. The molecule has 26 heteroatoms. The minimum Gasteiger partial charge on any atom is -0.483 e. The average Bonchev–Trinajstić information content (AvgIpc) is 3.37. The van der Waals surface area contributed by atoms with Crippen molar-refractivity contribution in [3.05, 3.63) is 149 Å². The number of hydrazone groups is 1. The summed E-state index contributed by atoms with van der Waals surface area (Å²) in [7, 11) is 0. The van der Waals surface area contributed by atoms with Crippen LogP contribution >= 0.6 is 0 Å². The van der Waals surface area contributed by atoms with Gasteiger partial charge in [-0.15, -0.1) is 27.0 Å². The lowest BCUT2D eigenvalue weighted by Gasteiger charge is -2.23. The van der Waals surface area contributed by atoms with Crippen molar-refractivity contribution in [1.82, 2.24) is 25.8 Å². The molecule has 1 atom stereocenters. The van der Waals surface area contributed by atoms with Crippen LogP contribution in [0.2, 0.25) is 0 Å².